The van der Waals surface area contributed by atoms with E-state index in [1.807, 2.05) is 0 Å². The van der Waals surface area contributed by atoms with Gasteiger partial charge in [-0.15, -0.1) is 0 Å². The molecule has 2 heterocycles. The van der Waals surface area contributed by atoms with Crippen LogP contribution in [0.3, 0.4) is 0 Å². The molecular weight excluding hydrogens is 623 g/mol. The Labute approximate surface area is 260 Å². The molecule has 0 saturated heterocycles. The molecule has 2 aliphatic heterocycles. The standard InChI is InChI=1S/C36H42ClIN2/c1-6-22-40-32-17-10-8-15-29(32)36(4,5)33(40)21-19-26-13-11-12-25(34(26)37)18-20-27(23-38)35(2,3)30-24-39-31-16-9-7-14-28(30)31/h7-10,14-21,24,27,30H,6,11-13,22-23H2,1-5H3. The van der Waals surface area contributed by atoms with Gasteiger partial charge in [0.2, 0.25) is 0 Å². The third-order valence-electron chi connectivity index (χ3n) is 9.23. The number of para-hydroxylation sites is 2. The molecule has 2 aromatic rings. The number of alkyl halides is 1. The van der Waals surface area contributed by atoms with E-state index >= 15 is 0 Å². The molecule has 2 atom stereocenters. The molecule has 3 aliphatic rings. The van der Waals surface area contributed by atoms with E-state index < -0.39 is 0 Å². The molecule has 0 aromatic heterocycles. The van der Waals surface area contributed by atoms with Crippen molar-refractivity contribution in [1.29, 1.82) is 0 Å². The van der Waals surface area contributed by atoms with Crippen molar-refractivity contribution in [2.75, 3.05) is 15.9 Å². The van der Waals surface area contributed by atoms with Gasteiger partial charge in [0, 0.05) is 44.9 Å². The summed E-state index contributed by atoms with van der Waals surface area (Å²) in [6.07, 6.45) is 15.8. The number of aliphatic imine (C=N–C) groups is 1. The number of halogens is 2. The Morgan fingerprint density at radius 3 is 2.62 bits per heavy atom. The van der Waals surface area contributed by atoms with Crippen LogP contribution < -0.4 is 4.90 Å². The Kier molecular flexibility index (Phi) is 8.83. The first-order valence-electron chi connectivity index (χ1n) is 14.7. The normalized spacial score (nSPS) is 23.0. The van der Waals surface area contributed by atoms with Gasteiger partial charge in [0.1, 0.15) is 0 Å². The van der Waals surface area contributed by atoms with Crippen LogP contribution in [-0.2, 0) is 5.41 Å². The van der Waals surface area contributed by atoms with E-state index in [9.17, 15) is 0 Å². The monoisotopic (exact) mass is 664 g/mol. The number of nitrogens with zero attached hydrogens (tertiary/aromatic N) is 2. The highest BCUT2D eigenvalue weighted by molar-refractivity contribution is 14.1. The summed E-state index contributed by atoms with van der Waals surface area (Å²) in [5.41, 5.74) is 9.11. The molecule has 1 aliphatic carbocycles. The lowest BCUT2D eigenvalue weighted by Gasteiger charge is -2.36. The van der Waals surface area contributed by atoms with Crippen molar-refractivity contribution in [2.45, 2.75) is 71.6 Å². The van der Waals surface area contributed by atoms with E-state index in [4.69, 9.17) is 16.6 Å². The van der Waals surface area contributed by atoms with Gasteiger partial charge < -0.3 is 4.90 Å². The molecule has 0 amide bonds. The van der Waals surface area contributed by atoms with Gasteiger partial charge in [-0.3, -0.25) is 4.99 Å². The second kappa shape index (κ2) is 12.0. The topological polar surface area (TPSA) is 15.6 Å². The summed E-state index contributed by atoms with van der Waals surface area (Å²) in [6.45, 7) is 12.7. The Morgan fingerprint density at radius 1 is 1.10 bits per heavy atom. The predicted octanol–water partition coefficient (Wildman–Crippen LogP) is 10.8. The number of allylic oxidation sites excluding steroid dienone is 8. The van der Waals surface area contributed by atoms with Gasteiger partial charge in [-0.1, -0.05) is 123 Å². The van der Waals surface area contributed by atoms with E-state index in [2.05, 4.69) is 141 Å². The first kappa shape index (κ1) is 29.4. The van der Waals surface area contributed by atoms with Gasteiger partial charge >= 0.3 is 0 Å². The van der Waals surface area contributed by atoms with Crippen LogP contribution in [0.25, 0.3) is 0 Å². The fourth-order valence-corrected chi connectivity index (χ4v) is 8.39. The highest BCUT2D eigenvalue weighted by Crippen LogP contribution is 2.49. The molecule has 4 heteroatoms. The smallest absolute Gasteiger partial charge is 0.0664 e. The summed E-state index contributed by atoms with van der Waals surface area (Å²) in [6, 6.07) is 17.4. The van der Waals surface area contributed by atoms with Gasteiger partial charge in [0.05, 0.1) is 5.69 Å². The number of anilines is 1. The zero-order valence-corrected chi connectivity index (χ0v) is 27.5. The summed E-state index contributed by atoms with van der Waals surface area (Å²) in [5, 5.41) is 0.937. The van der Waals surface area contributed by atoms with Crippen LogP contribution in [0.2, 0.25) is 0 Å². The first-order chi connectivity index (χ1) is 19.2. The lowest BCUT2D eigenvalue weighted by Crippen LogP contribution is -2.31. The summed E-state index contributed by atoms with van der Waals surface area (Å²) in [5.74, 6) is 0.723. The van der Waals surface area contributed by atoms with Crippen LogP contribution >= 0.6 is 34.2 Å². The number of hydrogen-bond donors (Lipinski definition) is 0. The second-order valence-corrected chi connectivity index (χ2v) is 13.7. The van der Waals surface area contributed by atoms with Gasteiger partial charge in [-0.2, -0.15) is 0 Å². The van der Waals surface area contributed by atoms with Crippen molar-refractivity contribution < 1.29 is 0 Å². The molecule has 0 bridgehead atoms. The van der Waals surface area contributed by atoms with Crippen molar-refractivity contribution in [3.8, 4) is 0 Å². The lowest BCUT2D eigenvalue weighted by molar-refractivity contribution is 0.267. The lowest BCUT2D eigenvalue weighted by atomic mass is 9.68. The van der Waals surface area contributed by atoms with Gasteiger partial charge in [0.15, 0.2) is 0 Å². The Morgan fingerprint density at radius 2 is 1.85 bits per heavy atom. The number of benzene rings is 2. The first-order valence-corrected chi connectivity index (χ1v) is 16.6. The fourth-order valence-electron chi connectivity index (χ4n) is 6.65. The highest BCUT2D eigenvalue weighted by Gasteiger charge is 2.40. The summed E-state index contributed by atoms with van der Waals surface area (Å²) >= 11 is 9.66. The highest BCUT2D eigenvalue weighted by atomic mass is 127. The maximum atomic E-state index is 7.12. The molecule has 2 nitrogen and oxygen atoms in total. The van der Waals surface area contributed by atoms with Crippen molar-refractivity contribution in [3.63, 3.8) is 0 Å². The molecular formula is C36H42ClIN2. The van der Waals surface area contributed by atoms with Crippen LogP contribution in [0.15, 0.2) is 99.7 Å². The van der Waals surface area contributed by atoms with Crippen LogP contribution in [0, 0.1) is 11.3 Å². The summed E-state index contributed by atoms with van der Waals surface area (Å²) < 4.78 is 1.05. The Bertz CT molecular complexity index is 1410. The average molecular weight is 665 g/mol. The average Bonchev–Trinajstić information content (AvgIpc) is 3.47. The van der Waals surface area contributed by atoms with Crippen molar-refractivity contribution >= 4 is 51.8 Å². The summed E-state index contributed by atoms with van der Waals surface area (Å²) in [4.78, 5) is 7.24. The van der Waals surface area contributed by atoms with Gasteiger partial charge in [-0.25, -0.2) is 0 Å². The quantitative estimate of drug-likeness (QED) is 0.203. The van der Waals surface area contributed by atoms with Gasteiger partial charge in [0.25, 0.3) is 0 Å². The van der Waals surface area contributed by atoms with E-state index in [0.717, 1.165) is 47.4 Å². The van der Waals surface area contributed by atoms with Gasteiger partial charge in [-0.05, 0) is 77.5 Å². The largest absolute Gasteiger partial charge is 0.344 e. The molecule has 0 N–H and O–H groups in total. The summed E-state index contributed by atoms with van der Waals surface area (Å²) in [7, 11) is 0. The molecule has 40 heavy (non-hydrogen) atoms. The zero-order valence-electron chi connectivity index (χ0n) is 24.6. The SMILES string of the molecule is CCCN1C(=CC=C2CCCC(C=CC(CI)C(C)(C)C3C=Nc4ccccc43)=C2Cl)C(C)(C)c2ccccc21. The molecule has 0 radical (unpaired) electrons. The van der Waals surface area contributed by atoms with Crippen molar-refractivity contribution in [3.05, 3.63) is 106 Å². The van der Waals surface area contributed by atoms with Crippen LogP contribution in [-0.4, -0.2) is 17.2 Å². The van der Waals surface area contributed by atoms with Crippen LogP contribution in [0.1, 0.15) is 77.3 Å². The van der Waals surface area contributed by atoms with Crippen LogP contribution in [0.4, 0.5) is 11.4 Å². The molecule has 2 unspecified atom stereocenters. The molecule has 2 aromatic carbocycles. The predicted molar refractivity (Wildman–Crippen MR) is 183 cm³/mol. The third-order valence-corrected chi connectivity index (χ3v) is 10.7. The number of hydrogen-bond acceptors (Lipinski definition) is 2. The maximum Gasteiger partial charge on any atom is 0.0664 e. The Hall–Kier alpha value is -2.11. The van der Waals surface area contributed by atoms with E-state index in [1.54, 1.807) is 0 Å². The maximum absolute atomic E-state index is 7.12. The number of fused-ring (bicyclic) bond motifs is 2. The van der Waals surface area contributed by atoms with E-state index in [1.165, 1.54) is 33.7 Å². The zero-order chi connectivity index (χ0) is 28.5. The van der Waals surface area contributed by atoms with E-state index in [0.29, 0.717) is 11.8 Å². The molecule has 0 fully saturated rings. The Balaban J connectivity index is 1.41. The second-order valence-electron chi connectivity index (χ2n) is 12.5. The van der Waals surface area contributed by atoms with Crippen LogP contribution in [0.5, 0.6) is 0 Å². The molecule has 5 rings (SSSR count). The van der Waals surface area contributed by atoms with E-state index in [-0.39, 0.29) is 10.8 Å². The molecule has 0 spiro atoms. The minimum Gasteiger partial charge on any atom is -0.344 e. The molecule has 0 saturated carbocycles. The minimum atomic E-state index is -0.0301. The minimum absolute atomic E-state index is 0.0301. The third kappa shape index (κ3) is 5.41. The van der Waals surface area contributed by atoms with Crippen molar-refractivity contribution in [2.24, 2.45) is 16.3 Å². The fraction of sp³-hybridized carbons (Fsp3) is 0.417. The molecule has 210 valence electrons. The van der Waals surface area contributed by atoms with Crippen molar-refractivity contribution in [1.82, 2.24) is 0 Å². The number of rotatable bonds is 8.